The number of benzene rings is 2. The lowest BCUT2D eigenvalue weighted by Gasteiger charge is -2.52. The van der Waals surface area contributed by atoms with E-state index in [4.69, 9.17) is 0 Å². The van der Waals surface area contributed by atoms with Gasteiger partial charge in [0, 0.05) is 62.0 Å². The maximum Gasteiger partial charge on any atom is 0.248 e. The molecule has 1 saturated heterocycles. The molecule has 3 aromatic rings. The number of hydrogen-bond acceptors (Lipinski definition) is 3. The zero-order valence-corrected chi connectivity index (χ0v) is 19.6. The van der Waals surface area contributed by atoms with Crippen LogP contribution in [0.2, 0.25) is 0 Å². The molecule has 0 radical (unpaired) electrons. The Morgan fingerprint density at radius 2 is 1.80 bits per heavy atom. The third-order valence-electron chi connectivity index (χ3n) is 7.93. The number of amides is 1. The Balaban J connectivity index is 1.23. The van der Waals surface area contributed by atoms with Crippen LogP contribution in [0.25, 0.3) is 11.1 Å². The molecule has 2 aromatic carbocycles. The van der Waals surface area contributed by atoms with Crippen LogP contribution in [0.3, 0.4) is 0 Å². The number of carbonyl (C=O) groups is 1. The highest BCUT2D eigenvalue weighted by molar-refractivity contribution is 6.09. The molecular formula is C27H27F3N4O. The van der Waals surface area contributed by atoms with Crippen LogP contribution in [0.5, 0.6) is 0 Å². The molecule has 1 amide bonds. The average molecular weight is 481 g/mol. The second-order valence-electron chi connectivity index (χ2n) is 10.2. The monoisotopic (exact) mass is 480 g/mol. The molecule has 0 bridgehead atoms. The molecule has 1 saturated carbocycles. The number of alkyl halides is 2. The van der Waals surface area contributed by atoms with E-state index >= 15 is 4.39 Å². The minimum absolute atomic E-state index is 0.0353. The summed E-state index contributed by atoms with van der Waals surface area (Å²) < 4.78 is 44.0. The second kappa shape index (κ2) is 7.95. The van der Waals surface area contributed by atoms with Gasteiger partial charge in [0.05, 0.1) is 12.7 Å². The van der Waals surface area contributed by atoms with E-state index in [1.54, 1.807) is 21.8 Å². The fourth-order valence-corrected chi connectivity index (χ4v) is 5.95. The topological polar surface area (TPSA) is 41.4 Å². The van der Waals surface area contributed by atoms with Crippen LogP contribution in [0.1, 0.15) is 36.8 Å². The van der Waals surface area contributed by atoms with Crippen LogP contribution < -0.4 is 4.90 Å². The van der Waals surface area contributed by atoms with Crippen molar-refractivity contribution in [2.75, 3.05) is 18.0 Å². The van der Waals surface area contributed by atoms with Gasteiger partial charge >= 0.3 is 0 Å². The standard InChI is InChI=1S/C27H27F3N4O/c1-32-14-20(13-31-32)18-6-7-19(23(28)12-18)15-34-24-5-3-2-4-22(24)26(25(34)35)16-33(17-26)21-8-10-27(29,30)11-9-21/h2-7,12-14,21H,8-11,15-17H2,1H3. The van der Waals surface area contributed by atoms with Crippen LogP contribution in [0, 0.1) is 5.82 Å². The molecule has 182 valence electrons. The average Bonchev–Trinajstić information content (AvgIpc) is 3.34. The summed E-state index contributed by atoms with van der Waals surface area (Å²) in [5, 5.41) is 4.14. The van der Waals surface area contributed by atoms with Crippen molar-refractivity contribution in [2.24, 2.45) is 7.05 Å². The summed E-state index contributed by atoms with van der Waals surface area (Å²) in [6, 6.07) is 12.8. The lowest BCUT2D eigenvalue weighted by molar-refractivity contribution is -0.133. The first-order valence-corrected chi connectivity index (χ1v) is 12.1. The predicted molar refractivity (Wildman–Crippen MR) is 127 cm³/mol. The summed E-state index contributed by atoms with van der Waals surface area (Å²) in [7, 11) is 1.81. The first kappa shape index (κ1) is 22.3. The fraction of sp³-hybridized carbons (Fsp3) is 0.407. The van der Waals surface area contributed by atoms with E-state index in [0.717, 1.165) is 22.4 Å². The number of carbonyl (C=O) groups excluding carboxylic acids is 1. The van der Waals surface area contributed by atoms with Crippen LogP contribution in [0.15, 0.2) is 54.9 Å². The zero-order valence-electron chi connectivity index (χ0n) is 19.6. The molecule has 0 N–H and O–H groups in total. The van der Waals surface area contributed by atoms with Crippen LogP contribution in [-0.4, -0.2) is 45.6 Å². The number of fused-ring (bicyclic) bond motifs is 2. The Hall–Kier alpha value is -3.13. The van der Waals surface area contributed by atoms with Gasteiger partial charge < -0.3 is 4.90 Å². The van der Waals surface area contributed by atoms with Gasteiger partial charge in [-0.1, -0.05) is 30.3 Å². The number of aromatic nitrogens is 2. The van der Waals surface area contributed by atoms with E-state index in [1.165, 1.54) is 6.07 Å². The molecule has 8 heteroatoms. The Kier molecular flexibility index (Phi) is 5.07. The fourth-order valence-electron chi connectivity index (χ4n) is 5.95. The van der Waals surface area contributed by atoms with Gasteiger partial charge in [0.15, 0.2) is 0 Å². The minimum atomic E-state index is -2.57. The molecule has 3 heterocycles. The van der Waals surface area contributed by atoms with E-state index in [2.05, 4.69) is 10.00 Å². The molecule has 5 nitrogen and oxygen atoms in total. The van der Waals surface area contributed by atoms with Crippen molar-refractivity contribution in [3.05, 3.63) is 71.8 Å². The van der Waals surface area contributed by atoms with E-state index in [0.29, 0.717) is 31.5 Å². The number of anilines is 1. The Bertz CT molecular complexity index is 1290. The molecule has 0 atom stereocenters. The van der Waals surface area contributed by atoms with Gasteiger partial charge in [-0.2, -0.15) is 5.10 Å². The smallest absolute Gasteiger partial charge is 0.248 e. The number of aryl methyl sites for hydroxylation is 1. The number of rotatable bonds is 4. The van der Waals surface area contributed by atoms with Crippen molar-refractivity contribution >= 4 is 11.6 Å². The van der Waals surface area contributed by atoms with Gasteiger partial charge in [-0.05, 0) is 36.1 Å². The van der Waals surface area contributed by atoms with Gasteiger partial charge in [0.25, 0.3) is 0 Å². The van der Waals surface area contributed by atoms with Crippen LogP contribution in [0.4, 0.5) is 18.9 Å². The highest BCUT2D eigenvalue weighted by Crippen LogP contribution is 2.50. The first-order valence-electron chi connectivity index (χ1n) is 12.1. The first-order chi connectivity index (χ1) is 16.8. The molecule has 2 aliphatic heterocycles. The van der Waals surface area contributed by atoms with E-state index in [9.17, 15) is 13.6 Å². The van der Waals surface area contributed by atoms with Crippen LogP contribution in [-0.2, 0) is 23.8 Å². The van der Waals surface area contributed by atoms with E-state index in [-0.39, 0.29) is 37.2 Å². The summed E-state index contributed by atoms with van der Waals surface area (Å²) >= 11 is 0. The molecular weight excluding hydrogens is 453 g/mol. The predicted octanol–water partition coefficient (Wildman–Crippen LogP) is 4.90. The molecule has 2 fully saturated rings. The van der Waals surface area contributed by atoms with Crippen molar-refractivity contribution in [3.8, 4) is 11.1 Å². The molecule has 1 spiro atoms. The molecule has 1 aliphatic carbocycles. The molecule has 6 rings (SSSR count). The summed E-state index contributed by atoms with van der Waals surface area (Å²) in [5.74, 6) is -2.97. The van der Waals surface area contributed by atoms with Crippen LogP contribution >= 0.6 is 0 Å². The number of halogens is 3. The third-order valence-corrected chi connectivity index (χ3v) is 7.93. The summed E-state index contributed by atoms with van der Waals surface area (Å²) in [6.07, 6.45) is 4.25. The van der Waals surface area contributed by atoms with Crippen molar-refractivity contribution in [2.45, 2.75) is 49.6 Å². The normalized spacial score (nSPS) is 21.4. The maximum atomic E-state index is 15.1. The van der Waals surface area contributed by atoms with Gasteiger partial charge in [-0.25, -0.2) is 13.2 Å². The summed E-state index contributed by atoms with van der Waals surface area (Å²) in [4.78, 5) is 17.6. The maximum absolute atomic E-state index is 15.1. The Morgan fingerprint density at radius 3 is 2.49 bits per heavy atom. The zero-order chi connectivity index (χ0) is 24.4. The van der Waals surface area contributed by atoms with Gasteiger partial charge in [0.2, 0.25) is 11.8 Å². The van der Waals surface area contributed by atoms with Gasteiger partial charge in [-0.3, -0.25) is 14.4 Å². The van der Waals surface area contributed by atoms with E-state index in [1.807, 2.05) is 43.6 Å². The number of nitrogens with zero attached hydrogens (tertiary/aromatic N) is 4. The second-order valence-corrected chi connectivity index (χ2v) is 10.2. The molecule has 0 unspecified atom stereocenters. The lowest BCUT2D eigenvalue weighted by Crippen LogP contribution is -2.66. The minimum Gasteiger partial charge on any atom is -0.307 e. The number of likely N-dealkylation sites (tertiary alicyclic amines) is 1. The van der Waals surface area contributed by atoms with Crippen molar-refractivity contribution in [3.63, 3.8) is 0 Å². The Labute approximate surface area is 202 Å². The third kappa shape index (κ3) is 3.66. The van der Waals surface area contributed by atoms with Gasteiger partial charge in [0.1, 0.15) is 11.2 Å². The highest BCUT2D eigenvalue weighted by atomic mass is 19.3. The number of para-hydroxylation sites is 1. The van der Waals surface area contributed by atoms with Crippen molar-refractivity contribution in [1.29, 1.82) is 0 Å². The summed E-state index contributed by atoms with van der Waals surface area (Å²) in [5.41, 5.74) is 3.09. The highest BCUT2D eigenvalue weighted by Gasteiger charge is 2.59. The molecule has 3 aliphatic rings. The quantitative estimate of drug-likeness (QED) is 0.533. The Morgan fingerprint density at radius 1 is 1.06 bits per heavy atom. The molecule has 35 heavy (non-hydrogen) atoms. The SMILES string of the molecule is Cn1cc(-c2ccc(CN3C(=O)C4(CN(C5CCC(F)(F)CC5)C4)c4ccccc43)c(F)c2)cn1. The largest absolute Gasteiger partial charge is 0.307 e. The summed E-state index contributed by atoms with van der Waals surface area (Å²) in [6.45, 7) is 1.20. The lowest BCUT2D eigenvalue weighted by atomic mass is 9.72. The van der Waals surface area contributed by atoms with Crippen molar-refractivity contribution < 1.29 is 18.0 Å². The molecule has 1 aromatic heterocycles. The van der Waals surface area contributed by atoms with Crippen molar-refractivity contribution in [1.82, 2.24) is 14.7 Å². The van der Waals surface area contributed by atoms with E-state index < -0.39 is 11.3 Å². The number of hydrogen-bond donors (Lipinski definition) is 0. The van der Waals surface area contributed by atoms with Gasteiger partial charge in [-0.15, -0.1) is 0 Å².